The second-order valence-electron chi connectivity index (χ2n) is 11.5. The first-order valence-corrected chi connectivity index (χ1v) is 14.2. The predicted molar refractivity (Wildman–Crippen MR) is 141 cm³/mol. The van der Waals surface area contributed by atoms with Gasteiger partial charge in [0.1, 0.15) is 5.60 Å². The lowest BCUT2D eigenvalue weighted by atomic mass is 9.66. The van der Waals surface area contributed by atoms with Crippen LogP contribution in [0.4, 0.5) is 0 Å². The number of rotatable bonds is 19. The molecule has 1 rings (SSSR count). The van der Waals surface area contributed by atoms with Crippen LogP contribution >= 0.6 is 0 Å². The van der Waals surface area contributed by atoms with Crippen molar-refractivity contribution in [3.05, 3.63) is 0 Å². The van der Waals surface area contributed by atoms with Crippen molar-refractivity contribution in [3.63, 3.8) is 0 Å². The van der Waals surface area contributed by atoms with Crippen molar-refractivity contribution in [2.45, 2.75) is 155 Å². The van der Waals surface area contributed by atoms with Gasteiger partial charge in [-0.15, -0.1) is 0 Å². The molecule has 0 atom stereocenters. The van der Waals surface area contributed by atoms with Crippen LogP contribution in [0.15, 0.2) is 0 Å². The number of esters is 2. The first-order valence-electron chi connectivity index (χ1n) is 14.2. The molecule has 0 spiro atoms. The van der Waals surface area contributed by atoms with E-state index in [1.807, 2.05) is 20.8 Å². The lowest BCUT2D eigenvalue weighted by Crippen LogP contribution is -2.59. The number of ether oxygens (including phenoxy) is 2. The molecule has 0 aromatic heterocycles. The molecule has 35 heavy (non-hydrogen) atoms. The summed E-state index contributed by atoms with van der Waals surface area (Å²) in [5.41, 5.74) is -0.678. The fraction of sp³-hybridized carbons (Fsp3) is 0.897. The van der Waals surface area contributed by atoms with E-state index < -0.39 is 5.60 Å². The number of nitrogens with one attached hydrogen (secondary N) is 1. The maximum Gasteiger partial charge on any atom is 0.309 e. The Kier molecular flexibility index (Phi) is 15.2. The van der Waals surface area contributed by atoms with Crippen LogP contribution in [0.1, 0.15) is 144 Å². The lowest BCUT2D eigenvalue weighted by Gasteiger charge is -2.47. The molecule has 0 aliphatic heterocycles. The first kappa shape index (κ1) is 31.4. The Labute approximate surface area is 214 Å². The van der Waals surface area contributed by atoms with E-state index in [2.05, 4.69) is 12.2 Å². The smallest absolute Gasteiger partial charge is 0.309 e. The molecule has 1 aliphatic rings. The Bertz CT molecular complexity index is 619. The third-order valence-corrected chi connectivity index (χ3v) is 6.95. The van der Waals surface area contributed by atoms with Crippen LogP contribution in [0.3, 0.4) is 0 Å². The number of carbonyl (C=O) groups is 3. The molecule has 0 heterocycles. The van der Waals surface area contributed by atoms with Crippen LogP contribution in [-0.4, -0.2) is 35.6 Å². The largest absolute Gasteiger partial charge is 0.466 e. The number of amides is 1. The molecule has 6 heteroatoms. The van der Waals surface area contributed by atoms with Gasteiger partial charge in [0.05, 0.1) is 12.5 Å². The molecule has 1 aliphatic carbocycles. The van der Waals surface area contributed by atoms with E-state index in [0.29, 0.717) is 25.9 Å². The van der Waals surface area contributed by atoms with Crippen LogP contribution in [0.25, 0.3) is 0 Å². The standard InChI is InChI=1S/C29H53NO5/c1-6-29(22-25(23-29)27(33)35-28(3,4)5)30-26(32)20-18-16-14-12-10-8-7-9-11-13-15-17-19-21-34-24(2)31/h25H,6-23H2,1-5H3,(H,30,32). The topological polar surface area (TPSA) is 81.7 Å². The zero-order chi connectivity index (χ0) is 26.2. The molecule has 1 amide bonds. The minimum atomic E-state index is -0.459. The minimum Gasteiger partial charge on any atom is -0.466 e. The van der Waals surface area contributed by atoms with Crippen LogP contribution in [-0.2, 0) is 23.9 Å². The van der Waals surface area contributed by atoms with E-state index in [0.717, 1.165) is 32.1 Å². The first-order chi connectivity index (χ1) is 16.6. The zero-order valence-corrected chi connectivity index (χ0v) is 23.3. The van der Waals surface area contributed by atoms with E-state index in [9.17, 15) is 14.4 Å². The van der Waals surface area contributed by atoms with E-state index in [4.69, 9.17) is 9.47 Å². The van der Waals surface area contributed by atoms with Gasteiger partial charge in [-0.05, 0) is 52.9 Å². The normalized spacial score (nSPS) is 19.6. The molecule has 0 aromatic rings. The fourth-order valence-electron chi connectivity index (χ4n) is 4.82. The number of hydrogen-bond donors (Lipinski definition) is 1. The summed E-state index contributed by atoms with van der Waals surface area (Å²) in [5.74, 6) is -0.279. The van der Waals surface area contributed by atoms with Crippen molar-refractivity contribution in [2.24, 2.45) is 5.92 Å². The molecule has 6 nitrogen and oxygen atoms in total. The zero-order valence-electron chi connectivity index (χ0n) is 23.3. The van der Waals surface area contributed by atoms with Gasteiger partial charge < -0.3 is 14.8 Å². The second-order valence-corrected chi connectivity index (χ2v) is 11.5. The summed E-state index contributed by atoms with van der Waals surface area (Å²) in [6.07, 6.45) is 18.5. The number of carbonyl (C=O) groups excluding carboxylic acids is 3. The molecule has 0 aromatic carbocycles. The highest BCUT2D eigenvalue weighted by molar-refractivity contribution is 5.79. The van der Waals surface area contributed by atoms with Gasteiger partial charge in [-0.3, -0.25) is 14.4 Å². The molecular formula is C29H53NO5. The van der Waals surface area contributed by atoms with E-state index >= 15 is 0 Å². The molecule has 1 N–H and O–H groups in total. The van der Waals surface area contributed by atoms with Gasteiger partial charge >= 0.3 is 11.9 Å². The Morgan fingerprint density at radius 1 is 0.800 bits per heavy atom. The van der Waals surface area contributed by atoms with Crippen LogP contribution < -0.4 is 5.32 Å². The van der Waals surface area contributed by atoms with Crippen LogP contribution in [0, 0.1) is 5.92 Å². The van der Waals surface area contributed by atoms with E-state index in [1.165, 1.54) is 64.7 Å². The highest BCUT2D eigenvalue weighted by Crippen LogP contribution is 2.41. The summed E-state index contributed by atoms with van der Waals surface area (Å²) in [6.45, 7) is 9.78. The maximum absolute atomic E-state index is 12.4. The van der Waals surface area contributed by atoms with Gasteiger partial charge in [-0.1, -0.05) is 77.6 Å². The molecule has 0 saturated heterocycles. The van der Waals surface area contributed by atoms with Crippen molar-refractivity contribution >= 4 is 17.8 Å². The average Bonchev–Trinajstić information content (AvgIpc) is 2.74. The molecule has 204 valence electrons. The summed E-state index contributed by atoms with van der Waals surface area (Å²) < 4.78 is 10.4. The van der Waals surface area contributed by atoms with Crippen molar-refractivity contribution in [1.82, 2.24) is 5.32 Å². The molecule has 0 bridgehead atoms. The third-order valence-electron chi connectivity index (χ3n) is 6.95. The van der Waals surface area contributed by atoms with Crippen LogP contribution in [0.5, 0.6) is 0 Å². The number of unbranched alkanes of at least 4 members (excludes halogenated alkanes) is 12. The summed E-state index contributed by atoms with van der Waals surface area (Å²) in [4.78, 5) is 35.3. The summed E-state index contributed by atoms with van der Waals surface area (Å²) in [5, 5.41) is 3.21. The van der Waals surface area contributed by atoms with Gasteiger partial charge in [-0.25, -0.2) is 0 Å². The predicted octanol–water partition coefficient (Wildman–Crippen LogP) is 7.03. The fourth-order valence-corrected chi connectivity index (χ4v) is 4.82. The molecule has 1 fully saturated rings. The van der Waals surface area contributed by atoms with Crippen LogP contribution in [0.2, 0.25) is 0 Å². The van der Waals surface area contributed by atoms with E-state index in [1.54, 1.807) is 0 Å². The summed E-state index contributed by atoms with van der Waals surface area (Å²) in [6, 6.07) is 0. The molecule has 0 unspecified atom stereocenters. The van der Waals surface area contributed by atoms with Gasteiger partial charge in [0.15, 0.2) is 0 Å². The minimum absolute atomic E-state index is 0.0896. The second kappa shape index (κ2) is 17.0. The average molecular weight is 496 g/mol. The maximum atomic E-state index is 12.4. The number of hydrogen-bond acceptors (Lipinski definition) is 5. The highest BCUT2D eigenvalue weighted by Gasteiger charge is 2.48. The Morgan fingerprint density at radius 3 is 1.69 bits per heavy atom. The van der Waals surface area contributed by atoms with Gasteiger partial charge in [-0.2, -0.15) is 0 Å². The molecule has 1 saturated carbocycles. The van der Waals surface area contributed by atoms with Gasteiger partial charge in [0.2, 0.25) is 5.91 Å². The molecule has 0 radical (unpaired) electrons. The van der Waals surface area contributed by atoms with Gasteiger partial charge in [0, 0.05) is 18.9 Å². The molecular weight excluding hydrogens is 442 g/mol. The monoisotopic (exact) mass is 495 g/mol. The quantitative estimate of drug-likeness (QED) is 0.154. The lowest BCUT2D eigenvalue weighted by molar-refractivity contribution is -0.167. The summed E-state index contributed by atoms with van der Waals surface area (Å²) in [7, 11) is 0. The Balaban J connectivity index is 1.94. The van der Waals surface area contributed by atoms with Crippen molar-refractivity contribution in [2.75, 3.05) is 6.61 Å². The Morgan fingerprint density at radius 2 is 1.26 bits per heavy atom. The van der Waals surface area contributed by atoms with Gasteiger partial charge in [0.25, 0.3) is 0 Å². The summed E-state index contributed by atoms with van der Waals surface area (Å²) >= 11 is 0. The van der Waals surface area contributed by atoms with Crippen molar-refractivity contribution in [1.29, 1.82) is 0 Å². The van der Waals surface area contributed by atoms with Crippen molar-refractivity contribution in [3.8, 4) is 0 Å². The highest BCUT2D eigenvalue weighted by atomic mass is 16.6. The third kappa shape index (κ3) is 15.2. The van der Waals surface area contributed by atoms with Crippen molar-refractivity contribution < 1.29 is 23.9 Å². The Hall–Kier alpha value is -1.59. The van der Waals surface area contributed by atoms with E-state index in [-0.39, 0.29) is 29.3 Å². The SMILES string of the molecule is CCC1(NC(=O)CCCCCCCCCCCCCCCOC(C)=O)CC(C(=O)OC(C)(C)C)C1.